The summed E-state index contributed by atoms with van der Waals surface area (Å²) in [6.45, 7) is 4.82. The van der Waals surface area contributed by atoms with Gasteiger partial charge in [-0.05, 0) is 13.0 Å². The Balaban J connectivity index is 2.35. The average Bonchev–Trinajstić information content (AvgIpc) is 2.71. The van der Waals surface area contributed by atoms with Gasteiger partial charge in [-0.2, -0.15) is 0 Å². The second-order valence-corrected chi connectivity index (χ2v) is 2.86. The predicted octanol–water partition coefficient (Wildman–Crippen LogP) is 1.87. The molecule has 0 N–H and O–H groups in total. The zero-order valence-electron chi connectivity index (χ0n) is 7.69. The quantitative estimate of drug-likeness (QED) is 0.703. The maximum atomic E-state index is 5.29. The van der Waals surface area contributed by atoms with Crippen LogP contribution in [-0.4, -0.2) is 14.8 Å². The Hall–Kier alpha value is -1.58. The van der Waals surface area contributed by atoms with E-state index in [1.165, 1.54) is 0 Å². The number of aryl methyl sites for hydroxylation is 2. The van der Waals surface area contributed by atoms with E-state index in [-0.39, 0.29) is 0 Å². The van der Waals surface area contributed by atoms with Crippen molar-refractivity contribution < 1.29 is 4.42 Å². The Kier molecular flexibility index (Phi) is 1.88. The van der Waals surface area contributed by atoms with Crippen molar-refractivity contribution in [1.82, 2.24) is 14.8 Å². The molecule has 2 aromatic heterocycles. The zero-order valence-corrected chi connectivity index (χ0v) is 7.69. The highest BCUT2D eigenvalue weighted by Gasteiger charge is 2.06. The van der Waals surface area contributed by atoms with Gasteiger partial charge in [0.25, 0.3) is 0 Å². The van der Waals surface area contributed by atoms with Crippen LogP contribution in [0.5, 0.6) is 0 Å². The van der Waals surface area contributed by atoms with Crippen molar-refractivity contribution in [1.29, 1.82) is 0 Å². The average molecular weight is 177 g/mol. The molecule has 0 unspecified atom stereocenters. The van der Waals surface area contributed by atoms with Crippen LogP contribution in [0.3, 0.4) is 0 Å². The minimum Gasteiger partial charge on any atom is -0.421 e. The van der Waals surface area contributed by atoms with E-state index >= 15 is 0 Å². The Labute approximate surface area is 76.2 Å². The van der Waals surface area contributed by atoms with Gasteiger partial charge in [-0.3, -0.25) is 0 Å². The molecule has 0 spiro atoms. The van der Waals surface area contributed by atoms with Gasteiger partial charge in [0.1, 0.15) is 0 Å². The minimum atomic E-state index is 0.588. The molecule has 2 aromatic rings. The van der Waals surface area contributed by atoms with Crippen LogP contribution >= 0.6 is 0 Å². The molecule has 0 radical (unpaired) electrons. The van der Waals surface area contributed by atoms with E-state index in [9.17, 15) is 0 Å². The third-order valence-corrected chi connectivity index (χ3v) is 1.89. The van der Waals surface area contributed by atoms with Crippen molar-refractivity contribution in [2.24, 2.45) is 0 Å². The lowest BCUT2D eigenvalue weighted by atomic mass is 10.3. The summed E-state index contributed by atoms with van der Waals surface area (Å²) in [6, 6.07) is 1.97. The summed E-state index contributed by atoms with van der Waals surface area (Å²) in [5.41, 5.74) is 0.974. The van der Waals surface area contributed by atoms with Crippen LogP contribution < -0.4 is 0 Å². The third-order valence-electron chi connectivity index (χ3n) is 1.89. The van der Waals surface area contributed by atoms with Crippen LogP contribution in [0.4, 0.5) is 0 Å². The van der Waals surface area contributed by atoms with Gasteiger partial charge in [-0.15, -0.1) is 10.2 Å². The van der Waals surface area contributed by atoms with Gasteiger partial charge in [-0.25, -0.2) is 0 Å². The van der Waals surface area contributed by atoms with E-state index in [4.69, 9.17) is 4.42 Å². The van der Waals surface area contributed by atoms with Crippen molar-refractivity contribution in [2.75, 3.05) is 0 Å². The van der Waals surface area contributed by atoms with Gasteiger partial charge in [-0.1, -0.05) is 0 Å². The van der Waals surface area contributed by atoms with Crippen molar-refractivity contribution in [2.45, 2.75) is 20.4 Å². The Morgan fingerprint density at radius 2 is 2.31 bits per heavy atom. The van der Waals surface area contributed by atoms with Gasteiger partial charge >= 0.3 is 0 Å². The highest BCUT2D eigenvalue weighted by molar-refractivity contribution is 5.50. The normalized spacial score (nSPS) is 10.6. The van der Waals surface area contributed by atoms with Gasteiger partial charge in [0.15, 0.2) is 0 Å². The molecule has 0 amide bonds. The molecule has 0 fully saturated rings. The van der Waals surface area contributed by atoms with Crippen LogP contribution in [-0.2, 0) is 6.54 Å². The predicted molar refractivity (Wildman–Crippen MR) is 48.1 cm³/mol. The number of nitrogens with zero attached hydrogens (tertiary/aromatic N) is 3. The molecule has 0 aliphatic rings. The lowest BCUT2D eigenvalue weighted by molar-refractivity contribution is 0.532. The number of rotatable bonds is 2. The summed E-state index contributed by atoms with van der Waals surface area (Å²) in [4.78, 5) is 0. The Morgan fingerprint density at radius 1 is 1.46 bits per heavy atom. The molecular weight excluding hydrogens is 166 g/mol. The van der Waals surface area contributed by atoms with Gasteiger partial charge in [0.05, 0.1) is 5.56 Å². The summed E-state index contributed by atoms with van der Waals surface area (Å²) in [5.74, 6) is 1.18. The highest BCUT2D eigenvalue weighted by Crippen LogP contribution is 2.17. The molecule has 0 atom stereocenters. The van der Waals surface area contributed by atoms with Gasteiger partial charge in [0, 0.05) is 25.9 Å². The number of hydrogen-bond donors (Lipinski definition) is 0. The van der Waals surface area contributed by atoms with Crippen molar-refractivity contribution in [3.63, 3.8) is 0 Å². The van der Waals surface area contributed by atoms with Crippen LogP contribution in [0.25, 0.3) is 11.5 Å². The second-order valence-electron chi connectivity index (χ2n) is 2.86. The molecule has 4 nitrogen and oxygen atoms in total. The summed E-state index contributed by atoms with van der Waals surface area (Å²) in [5, 5.41) is 7.71. The smallest absolute Gasteiger partial charge is 0.249 e. The molecule has 0 saturated carbocycles. The molecular formula is C9H11N3O. The van der Waals surface area contributed by atoms with E-state index < -0.39 is 0 Å². The molecule has 0 aromatic carbocycles. The van der Waals surface area contributed by atoms with E-state index in [0.29, 0.717) is 11.8 Å². The van der Waals surface area contributed by atoms with Crippen LogP contribution in [0, 0.1) is 6.92 Å². The van der Waals surface area contributed by atoms with E-state index in [2.05, 4.69) is 21.7 Å². The minimum absolute atomic E-state index is 0.588. The van der Waals surface area contributed by atoms with E-state index in [1.54, 1.807) is 6.92 Å². The van der Waals surface area contributed by atoms with Crippen molar-refractivity contribution in [3.8, 4) is 11.5 Å². The largest absolute Gasteiger partial charge is 0.421 e. The second kappa shape index (κ2) is 3.05. The first kappa shape index (κ1) is 8.04. The molecule has 0 bridgehead atoms. The van der Waals surface area contributed by atoms with Crippen molar-refractivity contribution >= 4 is 0 Å². The topological polar surface area (TPSA) is 43.9 Å². The zero-order chi connectivity index (χ0) is 9.26. The molecule has 13 heavy (non-hydrogen) atoms. The van der Waals surface area contributed by atoms with Gasteiger partial charge in [0.2, 0.25) is 11.8 Å². The molecule has 0 aliphatic carbocycles. The maximum Gasteiger partial charge on any atom is 0.249 e. The fourth-order valence-corrected chi connectivity index (χ4v) is 1.18. The lowest BCUT2D eigenvalue weighted by Gasteiger charge is -1.91. The van der Waals surface area contributed by atoms with Gasteiger partial charge < -0.3 is 8.98 Å². The Bertz CT molecular complexity index is 402. The first-order valence-corrected chi connectivity index (χ1v) is 4.26. The molecule has 0 saturated heterocycles. The standard InChI is InChI=1S/C9H11N3O/c1-3-12-5-4-8(6-12)9-11-10-7(2)13-9/h4-6H,3H2,1-2H3. The van der Waals surface area contributed by atoms with E-state index in [0.717, 1.165) is 12.1 Å². The molecule has 2 heterocycles. The summed E-state index contributed by atoms with van der Waals surface area (Å²) in [7, 11) is 0. The van der Waals surface area contributed by atoms with E-state index in [1.807, 2.05) is 18.5 Å². The first-order valence-electron chi connectivity index (χ1n) is 4.26. The van der Waals surface area contributed by atoms with Crippen LogP contribution in [0.2, 0.25) is 0 Å². The SMILES string of the molecule is CCn1ccc(-c2nnc(C)o2)c1. The number of aromatic nitrogens is 3. The summed E-state index contributed by atoms with van der Waals surface area (Å²) in [6.07, 6.45) is 3.99. The maximum absolute atomic E-state index is 5.29. The summed E-state index contributed by atoms with van der Waals surface area (Å²) < 4.78 is 7.36. The molecule has 2 rings (SSSR count). The van der Waals surface area contributed by atoms with Crippen LogP contribution in [0.15, 0.2) is 22.9 Å². The highest BCUT2D eigenvalue weighted by atomic mass is 16.4. The van der Waals surface area contributed by atoms with Crippen molar-refractivity contribution in [3.05, 3.63) is 24.4 Å². The Morgan fingerprint density at radius 3 is 2.85 bits per heavy atom. The fourth-order valence-electron chi connectivity index (χ4n) is 1.18. The molecule has 4 heteroatoms. The first-order chi connectivity index (χ1) is 6.29. The monoisotopic (exact) mass is 177 g/mol. The molecule has 0 aliphatic heterocycles. The lowest BCUT2D eigenvalue weighted by Crippen LogP contribution is -1.86. The fraction of sp³-hybridized carbons (Fsp3) is 0.333. The van der Waals surface area contributed by atoms with Crippen LogP contribution in [0.1, 0.15) is 12.8 Å². The number of hydrogen-bond acceptors (Lipinski definition) is 3. The third kappa shape index (κ3) is 1.47. The summed E-state index contributed by atoms with van der Waals surface area (Å²) >= 11 is 0. The molecule has 68 valence electrons.